The Morgan fingerprint density at radius 1 is 1.06 bits per heavy atom. The molecule has 0 amide bonds. The van der Waals surface area contributed by atoms with E-state index in [2.05, 4.69) is 13.2 Å². The van der Waals surface area contributed by atoms with E-state index < -0.39 is 17.9 Å². The summed E-state index contributed by atoms with van der Waals surface area (Å²) in [6, 6.07) is 0. The van der Waals surface area contributed by atoms with Crippen LogP contribution in [0.2, 0.25) is 0 Å². The van der Waals surface area contributed by atoms with Gasteiger partial charge in [0.05, 0.1) is 0 Å². The summed E-state index contributed by atoms with van der Waals surface area (Å²) in [5.41, 5.74) is 0. The van der Waals surface area contributed by atoms with Crippen molar-refractivity contribution < 1.29 is 23.9 Å². The Kier molecular flexibility index (Phi) is 7.34. The second-order valence-corrected chi connectivity index (χ2v) is 3.30. The Morgan fingerprint density at radius 2 is 1.47 bits per heavy atom. The maximum absolute atomic E-state index is 11.5. The van der Waals surface area contributed by atoms with Gasteiger partial charge in [-0.05, 0) is 6.92 Å². The number of Topliss-reactive ketones (excluding diaryl/α,β-unsaturated/α-hetero) is 1. The number of rotatable bonds is 8. The molecule has 0 rings (SSSR count). The van der Waals surface area contributed by atoms with Crippen molar-refractivity contribution in [1.29, 1.82) is 0 Å². The normalized spacial score (nSPS) is 9.53. The highest BCUT2D eigenvalue weighted by molar-refractivity contribution is 5.98. The fourth-order valence-corrected chi connectivity index (χ4v) is 1.03. The van der Waals surface area contributed by atoms with Crippen LogP contribution in [0.5, 0.6) is 0 Å². The van der Waals surface area contributed by atoms with Crippen LogP contribution in [0.3, 0.4) is 0 Å². The van der Waals surface area contributed by atoms with Crippen LogP contribution in [-0.4, -0.2) is 30.9 Å². The lowest BCUT2D eigenvalue weighted by Crippen LogP contribution is -2.30. The van der Waals surface area contributed by atoms with E-state index in [1.54, 1.807) is 0 Å². The molecule has 0 unspecified atom stereocenters. The summed E-state index contributed by atoms with van der Waals surface area (Å²) in [7, 11) is 0. The van der Waals surface area contributed by atoms with Crippen LogP contribution in [0.1, 0.15) is 13.3 Å². The Bertz CT molecular complexity index is 295. The summed E-state index contributed by atoms with van der Waals surface area (Å²) in [6.07, 6.45) is 2.52. The molecule has 5 heteroatoms. The SMILES string of the molecule is C=CCOC(=O)C(CC(C)=O)C(=O)OCC=C. The fourth-order valence-electron chi connectivity index (χ4n) is 1.03. The summed E-state index contributed by atoms with van der Waals surface area (Å²) in [4.78, 5) is 33.9. The van der Waals surface area contributed by atoms with Crippen molar-refractivity contribution in [2.45, 2.75) is 13.3 Å². The second-order valence-electron chi connectivity index (χ2n) is 3.30. The van der Waals surface area contributed by atoms with Gasteiger partial charge in [0.15, 0.2) is 5.92 Å². The van der Waals surface area contributed by atoms with Crippen LogP contribution >= 0.6 is 0 Å². The molecule has 0 aliphatic rings. The van der Waals surface area contributed by atoms with Gasteiger partial charge in [-0.2, -0.15) is 0 Å². The molecule has 0 aliphatic heterocycles. The molecule has 0 aromatic heterocycles. The first-order chi connectivity index (χ1) is 8.02. The zero-order valence-electron chi connectivity index (χ0n) is 9.81. The third-order valence-corrected chi connectivity index (χ3v) is 1.75. The fraction of sp³-hybridized carbons (Fsp3) is 0.417. The maximum atomic E-state index is 11.5. The largest absolute Gasteiger partial charge is 0.461 e. The first-order valence-electron chi connectivity index (χ1n) is 5.07. The Balaban J connectivity index is 4.55. The van der Waals surface area contributed by atoms with Crippen LogP contribution < -0.4 is 0 Å². The highest BCUT2D eigenvalue weighted by Crippen LogP contribution is 2.09. The first kappa shape index (κ1) is 15.1. The van der Waals surface area contributed by atoms with Gasteiger partial charge in [-0.3, -0.25) is 14.4 Å². The molecule has 0 saturated heterocycles. The third-order valence-electron chi connectivity index (χ3n) is 1.75. The zero-order chi connectivity index (χ0) is 13.3. The average Bonchev–Trinajstić information content (AvgIpc) is 2.29. The molecule has 0 spiro atoms. The van der Waals surface area contributed by atoms with Crippen molar-refractivity contribution in [2.24, 2.45) is 5.92 Å². The molecule has 0 bridgehead atoms. The van der Waals surface area contributed by atoms with Crippen LogP contribution in [0.15, 0.2) is 25.3 Å². The molecule has 5 nitrogen and oxygen atoms in total. The molecule has 0 radical (unpaired) electrons. The third kappa shape index (κ3) is 6.29. The van der Waals surface area contributed by atoms with Crippen LogP contribution in [0, 0.1) is 5.92 Å². The first-order valence-corrected chi connectivity index (χ1v) is 5.07. The molecule has 0 fully saturated rings. The lowest BCUT2D eigenvalue weighted by atomic mass is 10.0. The van der Waals surface area contributed by atoms with Gasteiger partial charge in [-0.1, -0.05) is 25.3 Å². The van der Waals surface area contributed by atoms with E-state index in [9.17, 15) is 14.4 Å². The molecule has 0 atom stereocenters. The number of hydrogen-bond donors (Lipinski definition) is 0. The van der Waals surface area contributed by atoms with Gasteiger partial charge in [-0.15, -0.1) is 0 Å². The van der Waals surface area contributed by atoms with Crippen molar-refractivity contribution in [3.05, 3.63) is 25.3 Å². The van der Waals surface area contributed by atoms with Gasteiger partial charge in [0.25, 0.3) is 0 Å². The maximum Gasteiger partial charge on any atom is 0.321 e. The molecule has 0 heterocycles. The standard InChI is InChI=1S/C12H16O5/c1-4-6-16-11(14)10(8-9(3)13)12(15)17-7-5-2/h4-5,10H,1-2,6-8H2,3H3. The molecule has 0 aliphatic carbocycles. The molecule has 0 aromatic rings. The van der Waals surface area contributed by atoms with Gasteiger partial charge >= 0.3 is 11.9 Å². The molecule has 0 saturated carbocycles. The van der Waals surface area contributed by atoms with E-state index in [-0.39, 0.29) is 25.4 Å². The Hall–Kier alpha value is -1.91. The summed E-state index contributed by atoms with van der Waals surface area (Å²) in [5, 5.41) is 0. The number of ketones is 1. The Morgan fingerprint density at radius 3 is 1.76 bits per heavy atom. The molecular weight excluding hydrogens is 224 g/mol. The molecule has 17 heavy (non-hydrogen) atoms. The monoisotopic (exact) mass is 240 g/mol. The molecule has 0 N–H and O–H groups in total. The number of hydrogen-bond acceptors (Lipinski definition) is 5. The predicted octanol–water partition coefficient (Wildman–Crippen LogP) is 1.04. The smallest absolute Gasteiger partial charge is 0.321 e. The minimum atomic E-state index is -1.22. The van der Waals surface area contributed by atoms with E-state index >= 15 is 0 Å². The zero-order valence-corrected chi connectivity index (χ0v) is 9.81. The van der Waals surface area contributed by atoms with Crippen molar-refractivity contribution in [2.75, 3.05) is 13.2 Å². The summed E-state index contributed by atoms with van der Waals surface area (Å²) in [6.45, 7) is 8.01. The van der Waals surface area contributed by atoms with Gasteiger partial charge in [0.1, 0.15) is 19.0 Å². The van der Waals surface area contributed by atoms with Gasteiger partial charge in [-0.25, -0.2) is 0 Å². The van der Waals surface area contributed by atoms with Gasteiger partial charge in [0.2, 0.25) is 0 Å². The summed E-state index contributed by atoms with van der Waals surface area (Å²) in [5.74, 6) is -3.07. The van der Waals surface area contributed by atoms with Crippen molar-refractivity contribution in [3.8, 4) is 0 Å². The lowest BCUT2D eigenvalue weighted by Gasteiger charge is -2.12. The van der Waals surface area contributed by atoms with E-state index in [4.69, 9.17) is 9.47 Å². The van der Waals surface area contributed by atoms with Crippen LogP contribution in [0.25, 0.3) is 0 Å². The topological polar surface area (TPSA) is 69.7 Å². The number of ether oxygens (including phenoxy) is 2. The molecule has 0 aromatic carbocycles. The number of carbonyl (C=O) groups excluding carboxylic acids is 3. The lowest BCUT2D eigenvalue weighted by molar-refractivity contribution is -0.162. The van der Waals surface area contributed by atoms with Crippen molar-refractivity contribution in [1.82, 2.24) is 0 Å². The Labute approximate surface area is 100 Å². The van der Waals surface area contributed by atoms with Crippen molar-refractivity contribution >= 4 is 17.7 Å². The molecule has 94 valence electrons. The second kappa shape index (κ2) is 8.27. The van der Waals surface area contributed by atoms with Gasteiger partial charge in [0, 0.05) is 6.42 Å². The average molecular weight is 240 g/mol. The van der Waals surface area contributed by atoms with Crippen LogP contribution in [0.4, 0.5) is 0 Å². The minimum absolute atomic E-state index is 0.0119. The summed E-state index contributed by atoms with van der Waals surface area (Å²) >= 11 is 0. The van der Waals surface area contributed by atoms with Gasteiger partial charge < -0.3 is 9.47 Å². The molecular formula is C12H16O5. The highest BCUT2D eigenvalue weighted by atomic mass is 16.6. The van der Waals surface area contributed by atoms with Crippen molar-refractivity contribution in [3.63, 3.8) is 0 Å². The highest BCUT2D eigenvalue weighted by Gasteiger charge is 2.30. The quantitative estimate of drug-likeness (QED) is 0.360. The van der Waals surface area contributed by atoms with E-state index in [0.29, 0.717) is 0 Å². The predicted molar refractivity (Wildman–Crippen MR) is 61.1 cm³/mol. The minimum Gasteiger partial charge on any atom is -0.461 e. The number of carbonyl (C=O) groups is 3. The summed E-state index contributed by atoms with van der Waals surface area (Å²) < 4.78 is 9.44. The van der Waals surface area contributed by atoms with Crippen LogP contribution in [-0.2, 0) is 23.9 Å². The number of esters is 2. The van der Waals surface area contributed by atoms with E-state index in [1.807, 2.05) is 0 Å². The van der Waals surface area contributed by atoms with E-state index in [0.717, 1.165) is 0 Å². The van der Waals surface area contributed by atoms with E-state index in [1.165, 1.54) is 19.1 Å².